The molecule has 0 fully saturated rings. The first-order chi connectivity index (χ1) is 15.8. The van der Waals surface area contributed by atoms with E-state index in [2.05, 4.69) is 0 Å². The Morgan fingerprint density at radius 1 is 0.941 bits per heavy atom. The number of amides is 2. The van der Waals surface area contributed by atoms with Crippen molar-refractivity contribution in [2.45, 2.75) is 11.1 Å². The smallest absolute Gasteiger partial charge is 0.420 e. The summed E-state index contributed by atoms with van der Waals surface area (Å²) in [6.07, 6.45) is -4.94. The van der Waals surface area contributed by atoms with Crippen molar-refractivity contribution in [2.24, 2.45) is 5.14 Å². The second-order valence-corrected chi connectivity index (χ2v) is 8.63. The lowest BCUT2D eigenvalue weighted by atomic mass is 10.1. The van der Waals surface area contributed by atoms with Crippen LogP contribution in [0.5, 0.6) is 11.5 Å². The van der Waals surface area contributed by atoms with Gasteiger partial charge >= 0.3 is 6.18 Å². The van der Waals surface area contributed by atoms with Crippen molar-refractivity contribution in [3.8, 4) is 17.2 Å². The predicted molar refractivity (Wildman–Crippen MR) is 111 cm³/mol. The third-order valence-electron chi connectivity index (χ3n) is 4.86. The van der Waals surface area contributed by atoms with E-state index in [0.29, 0.717) is 10.6 Å². The Balaban J connectivity index is 1.80. The zero-order valence-corrected chi connectivity index (χ0v) is 17.5. The van der Waals surface area contributed by atoms with Gasteiger partial charge in [0.15, 0.2) is 0 Å². The Hall–Kier alpha value is -4.17. The standard InChI is InChI=1S/C20H13F3N4O6S/c21-20(22,23)13-7-9(27-15(28)8-12-16(17(27)24)19(30)26-18(12)29)1-6-14(13)33-10-2-4-11(5-3-10)34(25,31)32/h1-8H,24H2,(H2,25,31,32)(H,26,29,30). The van der Waals surface area contributed by atoms with E-state index in [9.17, 15) is 36.0 Å². The topological polar surface area (TPSA) is 164 Å². The molecule has 0 saturated heterocycles. The van der Waals surface area contributed by atoms with E-state index in [1.54, 1.807) is 0 Å². The van der Waals surface area contributed by atoms with Crippen molar-refractivity contribution < 1.29 is 35.9 Å². The minimum atomic E-state index is -4.94. The molecule has 2 heterocycles. The third-order valence-corrected chi connectivity index (χ3v) is 5.79. The lowest BCUT2D eigenvalue weighted by Crippen LogP contribution is -2.24. The minimum absolute atomic E-state index is 0.116. The summed E-state index contributed by atoms with van der Waals surface area (Å²) in [5.41, 5.74) is 2.72. The van der Waals surface area contributed by atoms with E-state index >= 15 is 0 Å². The molecular formula is C20H13F3N4O6S. The van der Waals surface area contributed by atoms with Gasteiger partial charge in [0.2, 0.25) is 10.0 Å². The highest BCUT2D eigenvalue weighted by Crippen LogP contribution is 2.39. The fraction of sp³-hybridized carbons (Fsp3) is 0.0500. The second kappa shape index (κ2) is 7.71. The minimum Gasteiger partial charge on any atom is -0.457 e. The number of nitrogens with one attached hydrogen (secondary N) is 1. The SMILES string of the molecule is Nc1c2c(cc(=O)n1-c1ccc(Oc3ccc(S(N)(=O)=O)cc3)c(C(F)(F)F)c1)C(=O)NC2=O. The van der Waals surface area contributed by atoms with Gasteiger partial charge in [-0.05, 0) is 42.5 Å². The first kappa shape index (κ1) is 23.0. The van der Waals surface area contributed by atoms with Gasteiger partial charge in [0.25, 0.3) is 17.4 Å². The van der Waals surface area contributed by atoms with E-state index in [1.807, 2.05) is 5.32 Å². The molecule has 0 saturated carbocycles. The number of hydrogen-bond acceptors (Lipinski definition) is 7. The number of imide groups is 1. The largest absolute Gasteiger partial charge is 0.457 e. The molecule has 4 rings (SSSR count). The first-order valence-corrected chi connectivity index (χ1v) is 10.8. The number of carbonyl (C=O) groups is 2. The number of carbonyl (C=O) groups excluding carboxylic acids is 2. The molecule has 0 spiro atoms. The number of nitrogens with zero attached hydrogens (tertiary/aromatic N) is 1. The maximum Gasteiger partial charge on any atom is 0.420 e. The number of nitrogens with two attached hydrogens (primary N) is 2. The van der Waals surface area contributed by atoms with Gasteiger partial charge in [-0.25, -0.2) is 13.6 Å². The van der Waals surface area contributed by atoms with Crippen LogP contribution in [0.15, 0.2) is 58.2 Å². The van der Waals surface area contributed by atoms with Crippen LogP contribution < -0.4 is 26.5 Å². The van der Waals surface area contributed by atoms with Crippen molar-refractivity contribution in [1.29, 1.82) is 0 Å². The van der Waals surface area contributed by atoms with Crippen molar-refractivity contribution in [3.63, 3.8) is 0 Å². The summed E-state index contributed by atoms with van der Waals surface area (Å²) in [7, 11) is -4.01. The van der Waals surface area contributed by atoms with E-state index < -0.39 is 50.7 Å². The van der Waals surface area contributed by atoms with E-state index in [0.717, 1.165) is 42.5 Å². The summed E-state index contributed by atoms with van der Waals surface area (Å²) in [4.78, 5) is 36.0. The van der Waals surface area contributed by atoms with E-state index in [-0.39, 0.29) is 27.5 Å². The third kappa shape index (κ3) is 3.99. The summed E-state index contributed by atoms with van der Waals surface area (Å²) in [6.45, 7) is 0. The summed E-state index contributed by atoms with van der Waals surface area (Å²) in [5, 5.41) is 6.95. The molecular weight excluding hydrogens is 481 g/mol. The zero-order chi connectivity index (χ0) is 25.0. The summed E-state index contributed by atoms with van der Waals surface area (Å²) in [5.74, 6) is -3.00. The van der Waals surface area contributed by atoms with Crippen LogP contribution in [0.2, 0.25) is 0 Å². The van der Waals surface area contributed by atoms with Crippen LogP contribution in [-0.2, 0) is 16.2 Å². The number of benzene rings is 2. The Labute approximate surface area is 188 Å². The number of anilines is 1. The highest BCUT2D eigenvalue weighted by atomic mass is 32.2. The van der Waals surface area contributed by atoms with Gasteiger partial charge in [-0.3, -0.25) is 24.3 Å². The molecule has 2 aromatic carbocycles. The van der Waals surface area contributed by atoms with Crippen LogP contribution in [-0.4, -0.2) is 24.8 Å². The number of fused-ring (bicyclic) bond motifs is 1. The fourth-order valence-electron chi connectivity index (χ4n) is 3.34. The molecule has 5 N–H and O–H groups in total. The number of aromatic nitrogens is 1. The van der Waals surface area contributed by atoms with Gasteiger partial charge in [0.1, 0.15) is 22.9 Å². The van der Waals surface area contributed by atoms with E-state index in [1.165, 1.54) is 0 Å². The Morgan fingerprint density at radius 2 is 1.59 bits per heavy atom. The Morgan fingerprint density at radius 3 is 2.18 bits per heavy atom. The monoisotopic (exact) mass is 494 g/mol. The van der Waals surface area contributed by atoms with Gasteiger partial charge in [0, 0.05) is 6.07 Å². The lowest BCUT2D eigenvalue weighted by molar-refractivity contribution is -0.138. The summed E-state index contributed by atoms with van der Waals surface area (Å²) >= 11 is 0. The highest BCUT2D eigenvalue weighted by molar-refractivity contribution is 7.89. The van der Waals surface area contributed by atoms with Crippen LogP contribution in [0.1, 0.15) is 26.3 Å². The van der Waals surface area contributed by atoms with Crippen molar-refractivity contribution in [1.82, 2.24) is 9.88 Å². The molecule has 0 bridgehead atoms. The number of rotatable bonds is 4. The molecule has 14 heteroatoms. The van der Waals surface area contributed by atoms with Gasteiger partial charge in [0.05, 0.1) is 21.7 Å². The molecule has 0 aliphatic carbocycles. The number of sulfonamides is 1. The molecule has 0 unspecified atom stereocenters. The van der Waals surface area contributed by atoms with Crippen molar-refractivity contribution in [2.75, 3.05) is 5.73 Å². The predicted octanol–water partition coefficient (Wildman–Crippen LogP) is 1.76. The number of pyridine rings is 1. The summed E-state index contributed by atoms with van der Waals surface area (Å²) in [6, 6.07) is 7.77. The van der Waals surface area contributed by atoms with E-state index in [4.69, 9.17) is 15.6 Å². The number of ether oxygens (including phenoxy) is 1. The van der Waals surface area contributed by atoms with Crippen LogP contribution in [0.4, 0.5) is 19.0 Å². The number of hydrogen-bond donors (Lipinski definition) is 3. The Kier molecular flexibility index (Phi) is 5.21. The van der Waals surface area contributed by atoms with Crippen LogP contribution in [0.25, 0.3) is 5.69 Å². The van der Waals surface area contributed by atoms with Gasteiger partial charge in [-0.1, -0.05) is 0 Å². The van der Waals surface area contributed by atoms with Gasteiger partial charge in [-0.2, -0.15) is 13.2 Å². The molecule has 0 radical (unpaired) electrons. The highest BCUT2D eigenvalue weighted by Gasteiger charge is 2.36. The maximum absolute atomic E-state index is 13.8. The number of halogens is 3. The first-order valence-electron chi connectivity index (χ1n) is 9.21. The van der Waals surface area contributed by atoms with Crippen molar-refractivity contribution >= 4 is 27.7 Å². The fourth-order valence-corrected chi connectivity index (χ4v) is 3.85. The average Bonchev–Trinajstić information content (AvgIpc) is 3.01. The quantitative estimate of drug-likeness (QED) is 0.465. The van der Waals surface area contributed by atoms with Gasteiger partial charge < -0.3 is 10.5 Å². The summed E-state index contributed by atoms with van der Waals surface area (Å²) < 4.78 is 70.0. The number of primary sulfonamides is 1. The molecule has 1 aromatic heterocycles. The molecule has 2 amide bonds. The normalized spacial score (nSPS) is 13.5. The van der Waals surface area contributed by atoms with Crippen LogP contribution in [0.3, 0.4) is 0 Å². The second-order valence-electron chi connectivity index (χ2n) is 7.07. The van der Waals surface area contributed by atoms with Crippen molar-refractivity contribution in [3.05, 3.63) is 75.6 Å². The lowest BCUT2D eigenvalue weighted by Gasteiger charge is -2.17. The molecule has 1 aliphatic heterocycles. The maximum atomic E-state index is 13.8. The molecule has 34 heavy (non-hydrogen) atoms. The Bertz CT molecular complexity index is 1530. The molecule has 0 atom stereocenters. The number of nitrogen functional groups attached to an aromatic ring is 1. The molecule has 3 aromatic rings. The average molecular weight is 494 g/mol. The molecule has 1 aliphatic rings. The molecule has 10 nitrogen and oxygen atoms in total. The van der Waals surface area contributed by atoms with Crippen LogP contribution in [0, 0.1) is 0 Å². The molecule has 176 valence electrons. The zero-order valence-electron chi connectivity index (χ0n) is 16.7. The number of alkyl halides is 3. The van der Waals surface area contributed by atoms with Crippen LogP contribution >= 0.6 is 0 Å². The van der Waals surface area contributed by atoms with Gasteiger partial charge in [-0.15, -0.1) is 0 Å².